The molecule has 5 rings (SSSR count). The van der Waals surface area contributed by atoms with Crippen molar-refractivity contribution < 1.29 is 14.8 Å². The lowest BCUT2D eigenvalue weighted by Gasteiger charge is -2.47. The van der Waals surface area contributed by atoms with Gasteiger partial charge in [-0.05, 0) is 35.7 Å². The SMILES string of the molecule is CCCCN1CC(=O)N2C(Cc3c([nH]c4ccccc34)C2c2cccc(N([O-])O)c2)C1=O. The molecule has 1 fully saturated rings. The molecule has 2 aromatic carbocycles. The Labute approximate surface area is 185 Å². The largest absolute Gasteiger partial charge is 0.733 e. The number of hydrogen-bond donors (Lipinski definition) is 2. The molecule has 0 aliphatic carbocycles. The molecule has 0 bridgehead atoms. The van der Waals surface area contributed by atoms with E-state index in [0.717, 1.165) is 35.0 Å². The Morgan fingerprint density at radius 1 is 1.19 bits per heavy atom. The lowest BCUT2D eigenvalue weighted by Crippen LogP contribution is -2.63. The number of aromatic nitrogens is 1. The van der Waals surface area contributed by atoms with Crippen molar-refractivity contribution in [2.75, 3.05) is 18.3 Å². The van der Waals surface area contributed by atoms with Crippen molar-refractivity contribution in [1.29, 1.82) is 0 Å². The Morgan fingerprint density at radius 2 is 2.00 bits per heavy atom. The highest BCUT2D eigenvalue weighted by Gasteiger charge is 2.48. The van der Waals surface area contributed by atoms with E-state index in [9.17, 15) is 20.0 Å². The second-order valence-corrected chi connectivity index (χ2v) is 8.47. The van der Waals surface area contributed by atoms with Crippen molar-refractivity contribution in [2.45, 2.75) is 38.3 Å². The van der Waals surface area contributed by atoms with E-state index in [0.29, 0.717) is 18.5 Å². The highest BCUT2D eigenvalue weighted by Crippen LogP contribution is 2.43. The fourth-order valence-electron chi connectivity index (χ4n) is 5.02. The summed E-state index contributed by atoms with van der Waals surface area (Å²) in [6.45, 7) is 2.68. The van der Waals surface area contributed by atoms with E-state index in [-0.39, 0.29) is 29.3 Å². The van der Waals surface area contributed by atoms with Crippen LogP contribution in [0.15, 0.2) is 48.5 Å². The van der Waals surface area contributed by atoms with Crippen LogP contribution in [0.1, 0.15) is 42.6 Å². The molecule has 8 heteroatoms. The number of nitrogens with one attached hydrogen (secondary N) is 1. The maximum atomic E-state index is 13.5. The molecule has 8 nitrogen and oxygen atoms in total. The first kappa shape index (κ1) is 20.5. The zero-order chi connectivity index (χ0) is 22.4. The molecule has 1 aromatic heterocycles. The fraction of sp³-hybridized carbons (Fsp3) is 0.333. The van der Waals surface area contributed by atoms with E-state index in [2.05, 4.69) is 11.9 Å². The average molecular weight is 433 g/mol. The number of para-hydroxylation sites is 1. The monoisotopic (exact) mass is 433 g/mol. The molecule has 2 aliphatic rings. The first-order chi connectivity index (χ1) is 15.5. The Bertz CT molecular complexity index is 1190. The van der Waals surface area contributed by atoms with Crippen LogP contribution in [0.4, 0.5) is 5.69 Å². The molecule has 1 saturated heterocycles. The van der Waals surface area contributed by atoms with Gasteiger partial charge in [-0.25, -0.2) is 0 Å². The lowest BCUT2D eigenvalue weighted by molar-refractivity contribution is -0.158. The summed E-state index contributed by atoms with van der Waals surface area (Å²) in [4.78, 5) is 33.6. The first-order valence-electron chi connectivity index (χ1n) is 10.9. The number of piperazine rings is 1. The Morgan fingerprint density at radius 3 is 2.78 bits per heavy atom. The van der Waals surface area contributed by atoms with E-state index in [1.54, 1.807) is 21.9 Å². The van der Waals surface area contributed by atoms with Gasteiger partial charge in [0.25, 0.3) is 0 Å². The topological polar surface area (TPSA) is 103 Å². The van der Waals surface area contributed by atoms with E-state index in [4.69, 9.17) is 0 Å². The van der Waals surface area contributed by atoms with Crippen LogP contribution in [0, 0.1) is 5.21 Å². The van der Waals surface area contributed by atoms with Crippen LogP contribution >= 0.6 is 0 Å². The molecule has 32 heavy (non-hydrogen) atoms. The maximum absolute atomic E-state index is 13.5. The number of carbonyl (C=O) groups excluding carboxylic acids is 2. The van der Waals surface area contributed by atoms with Gasteiger partial charge in [-0.2, -0.15) is 0 Å². The molecule has 0 radical (unpaired) electrons. The van der Waals surface area contributed by atoms with Crippen LogP contribution < -0.4 is 5.23 Å². The second-order valence-electron chi connectivity index (χ2n) is 8.47. The van der Waals surface area contributed by atoms with Gasteiger partial charge in [0, 0.05) is 29.6 Å². The summed E-state index contributed by atoms with van der Waals surface area (Å²) in [5.41, 5.74) is 3.53. The lowest BCUT2D eigenvalue weighted by atomic mass is 9.86. The number of nitrogens with zero attached hydrogens (tertiary/aromatic N) is 3. The van der Waals surface area contributed by atoms with Gasteiger partial charge in [0.15, 0.2) is 0 Å². The van der Waals surface area contributed by atoms with Gasteiger partial charge in [-0.1, -0.05) is 43.7 Å². The average Bonchev–Trinajstić information content (AvgIpc) is 3.17. The Balaban J connectivity index is 1.67. The normalized spacial score (nSPS) is 20.5. The summed E-state index contributed by atoms with van der Waals surface area (Å²) in [7, 11) is 0. The minimum Gasteiger partial charge on any atom is -0.733 e. The summed E-state index contributed by atoms with van der Waals surface area (Å²) in [6.07, 6.45) is 2.24. The summed E-state index contributed by atoms with van der Waals surface area (Å²) in [5, 5.41) is 21.8. The summed E-state index contributed by atoms with van der Waals surface area (Å²) in [6, 6.07) is 13.3. The van der Waals surface area contributed by atoms with Crippen LogP contribution in [0.25, 0.3) is 10.9 Å². The number of H-pyrrole nitrogens is 1. The zero-order valence-electron chi connectivity index (χ0n) is 17.8. The molecule has 0 saturated carbocycles. The van der Waals surface area contributed by atoms with Crippen LogP contribution in [0.3, 0.4) is 0 Å². The smallest absolute Gasteiger partial charge is 0.246 e. The van der Waals surface area contributed by atoms with E-state index < -0.39 is 12.1 Å². The molecule has 0 spiro atoms. The van der Waals surface area contributed by atoms with Crippen molar-refractivity contribution in [2.24, 2.45) is 0 Å². The van der Waals surface area contributed by atoms with Gasteiger partial charge in [0.05, 0.1) is 18.3 Å². The minimum atomic E-state index is -0.606. The van der Waals surface area contributed by atoms with Crippen molar-refractivity contribution in [3.05, 3.63) is 70.6 Å². The quantitative estimate of drug-likeness (QED) is 0.601. The fourth-order valence-corrected chi connectivity index (χ4v) is 5.02. The molecule has 2 unspecified atom stereocenters. The predicted octanol–water partition coefficient (Wildman–Crippen LogP) is 3.35. The Hall–Kier alpha value is -3.36. The zero-order valence-corrected chi connectivity index (χ0v) is 17.8. The highest BCUT2D eigenvalue weighted by atomic mass is 16.8. The van der Waals surface area contributed by atoms with Gasteiger partial charge in [0.1, 0.15) is 6.04 Å². The summed E-state index contributed by atoms with van der Waals surface area (Å²) in [5.74, 6) is -0.156. The standard InChI is InChI=1S/C24H25N4O4/c1-2-3-11-26-14-21(29)27-20(24(26)30)13-18-17-9-4-5-10-19(17)25-22(18)23(27)15-7-6-8-16(12-15)28(31)32/h4-10,12,20,23,25,31H,2-3,11,13-14H2,1H3/q-1. The first-order valence-corrected chi connectivity index (χ1v) is 10.9. The van der Waals surface area contributed by atoms with Crippen molar-refractivity contribution in [3.63, 3.8) is 0 Å². The molecule has 2 amide bonds. The van der Waals surface area contributed by atoms with Crippen LogP contribution in [0.2, 0.25) is 0 Å². The highest BCUT2D eigenvalue weighted by molar-refractivity contribution is 5.97. The molecule has 166 valence electrons. The number of amides is 2. The minimum absolute atomic E-state index is 0.0391. The number of unbranched alkanes of at least 4 members (excludes halogenated alkanes) is 1. The number of fused-ring (bicyclic) bond motifs is 4. The van der Waals surface area contributed by atoms with Crippen LogP contribution in [0.5, 0.6) is 0 Å². The number of anilines is 1. The third kappa shape index (κ3) is 3.23. The number of hydrogen-bond acceptors (Lipinski definition) is 5. The third-order valence-electron chi connectivity index (χ3n) is 6.53. The molecular formula is C24H25N4O4-. The van der Waals surface area contributed by atoms with Gasteiger partial charge < -0.3 is 25.2 Å². The number of aromatic amines is 1. The Kier molecular flexibility index (Phi) is 5.11. The molecular weight excluding hydrogens is 408 g/mol. The number of benzene rings is 2. The second kappa shape index (κ2) is 7.96. The number of rotatable bonds is 5. The van der Waals surface area contributed by atoms with Crippen molar-refractivity contribution >= 4 is 28.4 Å². The van der Waals surface area contributed by atoms with Crippen molar-refractivity contribution in [1.82, 2.24) is 14.8 Å². The predicted molar refractivity (Wildman–Crippen MR) is 120 cm³/mol. The van der Waals surface area contributed by atoms with Crippen molar-refractivity contribution in [3.8, 4) is 0 Å². The van der Waals surface area contributed by atoms with E-state index in [1.165, 1.54) is 6.07 Å². The maximum Gasteiger partial charge on any atom is 0.246 e. The van der Waals surface area contributed by atoms with Gasteiger partial charge in [-0.3, -0.25) is 14.8 Å². The van der Waals surface area contributed by atoms with Crippen LogP contribution in [-0.2, 0) is 16.0 Å². The van der Waals surface area contributed by atoms with E-state index >= 15 is 0 Å². The molecule has 2 N–H and O–H groups in total. The third-order valence-corrected chi connectivity index (χ3v) is 6.53. The molecule has 2 aliphatic heterocycles. The molecule has 3 heterocycles. The summed E-state index contributed by atoms with van der Waals surface area (Å²) < 4.78 is 0. The van der Waals surface area contributed by atoms with Crippen LogP contribution in [-0.4, -0.2) is 50.9 Å². The van der Waals surface area contributed by atoms with Gasteiger partial charge in [-0.15, -0.1) is 0 Å². The molecule has 3 aromatic rings. The van der Waals surface area contributed by atoms with Gasteiger partial charge >= 0.3 is 0 Å². The molecule has 2 atom stereocenters. The van der Waals surface area contributed by atoms with Gasteiger partial charge in [0.2, 0.25) is 11.8 Å². The van der Waals surface area contributed by atoms with E-state index in [1.807, 2.05) is 30.3 Å². The number of carbonyl (C=O) groups is 2. The summed E-state index contributed by atoms with van der Waals surface area (Å²) >= 11 is 0.